The summed E-state index contributed by atoms with van der Waals surface area (Å²) in [5.74, 6) is -0.229. The van der Waals surface area contributed by atoms with Gasteiger partial charge in [-0.3, -0.25) is 13.9 Å². The minimum Gasteiger partial charge on any atom is -0.478 e. The Morgan fingerprint density at radius 2 is 1.78 bits per heavy atom. The van der Waals surface area contributed by atoms with Crippen molar-refractivity contribution in [2.75, 3.05) is 37.3 Å². The minimum atomic E-state index is -3.48. The van der Waals surface area contributed by atoms with E-state index < -0.39 is 16.1 Å². The highest BCUT2D eigenvalue weighted by atomic mass is 32.2. The quantitative estimate of drug-likeness (QED) is 0.708. The fraction of sp³-hybridized carbons (Fsp3) is 0.556. The van der Waals surface area contributed by atoms with Gasteiger partial charge in [-0.2, -0.15) is 0 Å². The summed E-state index contributed by atoms with van der Waals surface area (Å²) < 4.78 is 36.2. The zero-order valence-corrected chi connectivity index (χ0v) is 16.3. The lowest BCUT2D eigenvalue weighted by Gasteiger charge is -2.32. The number of hydrogen-bond donors (Lipinski definition) is 0. The lowest BCUT2D eigenvalue weighted by molar-refractivity contribution is -0.150. The maximum absolute atomic E-state index is 12.9. The maximum Gasteiger partial charge on any atom is 0.308 e. The fourth-order valence-corrected chi connectivity index (χ4v) is 4.50. The predicted molar refractivity (Wildman–Crippen MR) is 99.0 cm³/mol. The van der Waals surface area contributed by atoms with Gasteiger partial charge < -0.3 is 14.4 Å². The number of nitrogens with zero attached hydrogens (tertiary/aromatic N) is 2. The molecule has 3 rings (SSSR count). The van der Waals surface area contributed by atoms with Crippen LogP contribution in [0.4, 0.5) is 5.69 Å². The first kappa shape index (κ1) is 19.5. The summed E-state index contributed by atoms with van der Waals surface area (Å²) in [7, 11) is -2.11. The van der Waals surface area contributed by atoms with Gasteiger partial charge in [-0.1, -0.05) is 12.1 Å². The van der Waals surface area contributed by atoms with Crippen LogP contribution in [0.2, 0.25) is 0 Å². The molecule has 0 spiro atoms. The van der Waals surface area contributed by atoms with Gasteiger partial charge in [0.15, 0.2) is 6.10 Å². The van der Waals surface area contributed by atoms with E-state index in [1.165, 1.54) is 11.4 Å². The van der Waals surface area contributed by atoms with Crippen molar-refractivity contribution >= 4 is 27.6 Å². The number of amides is 1. The molecule has 2 aliphatic rings. The average Bonchev–Trinajstić information content (AvgIpc) is 2.86. The molecule has 0 aromatic heterocycles. The number of carbonyl (C=O) groups is 2. The molecule has 148 valence electrons. The summed E-state index contributed by atoms with van der Waals surface area (Å²) in [6.45, 7) is 1.08. The van der Waals surface area contributed by atoms with Crippen LogP contribution in [0.3, 0.4) is 0 Å². The van der Waals surface area contributed by atoms with E-state index in [4.69, 9.17) is 9.47 Å². The van der Waals surface area contributed by atoms with E-state index >= 15 is 0 Å². The van der Waals surface area contributed by atoms with Crippen LogP contribution in [0.1, 0.15) is 19.3 Å². The molecule has 0 N–H and O–H groups in total. The summed E-state index contributed by atoms with van der Waals surface area (Å²) in [5.41, 5.74) is 0.444. The van der Waals surface area contributed by atoms with Gasteiger partial charge in [-0.25, -0.2) is 8.42 Å². The Morgan fingerprint density at radius 1 is 1.11 bits per heavy atom. The smallest absolute Gasteiger partial charge is 0.308 e. The van der Waals surface area contributed by atoms with Crippen molar-refractivity contribution in [3.8, 4) is 5.75 Å². The van der Waals surface area contributed by atoms with Crippen LogP contribution in [0.15, 0.2) is 24.3 Å². The lowest BCUT2D eigenvalue weighted by Crippen LogP contribution is -2.47. The summed E-state index contributed by atoms with van der Waals surface area (Å²) in [6, 6.07) is 6.82. The molecule has 1 unspecified atom stereocenters. The van der Waals surface area contributed by atoms with Gasteiger partial charge in [0.25, 0.3) is 5.91 Å². The number of fused-ring (bicyclic) bond motifs is 1. The third kappa shape index (κ3) is 4.18. The molecule has 1 fully saturated rings. The van der Waals surface area contributed by atoms with Gasteiger partial charge in [0, 0.05) is 26.1 Å². The number of esters is 1. The molecule has 9 heteroatoms. The molecule has 2 heterocycles. The average molecular weight is 396 g/mol. The zero-order chi connectivity index (χ0) is 19.6. The molecule has 0 saturated carbocycles. The molecule has 0 aliphatic carbocycles. The van der Waals surface area contributed by atoms with Crippen molar-refractivity contribution in [2.45, 2.75) is 25.4 Å². The summed E-state index contributed by atoms with van der Waals surface area (Å²) in [5, 5.41) is 0. The van der Waals surface area contributed by atoms with Gasteiger partial charge in [0.2, 0.25) is 10.0 Å². The molecule has 1 amide bonds. The lowest BCUT2D eigenvalue weighted by atomic mass is 9.96. The Morgan fingerprint density at radius 3 is 2.41 bits per heavy atom. The van der Waals surface area contributed by atoms with E-state index in [0.717, 1.165) is 6.26 Å². The molecule has 2 aliphatic heterocycles. The first-order valence-electron chi connectivity index (χ1n) is 8.91. The third-order valence-electron chi connectivity index (χ3n) is 5.01. The van der Waals surface area contributed by atoms with Gasteiger partial charge >= 0.3 is 5.97 Å². The molecular formula is C18H24N2O6S. The van der Waals surface area contributed by atoms with Gasteiger partial charge in [0.1, 0.15) is 5.75 Å². The van der Waals surface area contributed by atoms with Crippen LogP contribution in [-0.4, -0.2) is 64.3 Å². The zero-order valence-electron chi connectivity index (χ0n) is 15.5. The standard InChI is InChI=1S/C18H24N2O6S/c1-25-18(22)13-7-10-19(11-8-13)17(21)16-9-12-20(27(2,23)24)14-5-3-4-6-15(14)26-16/h3-6,13,16H,7-12H2,1-2H3. The first-order chi connectivity index (χ1) is 12.8. The second kappa shape index (κ2) is 7.75. The van der Waals surface area contributed by atoms with Crippen LogP contribution in [0.25, 0.3) is 0 Å². The Balaban J connectivity index is 1.74. The van der Waals surface area contributed by atoms with E-state index in [0.29, 0.717) is 37.4 Å². The van der Waals surface area contributed by atoms with Gasteiger partial charge in [-0.15, -0.1) is 0 Å². The monoisotopic (exact) mass is 396 g/mol. The SMILES string of the molecule is COC(=O)C1CCN(C(=O)C2CCN(S(C)(=O)=O)c3ccccc3O2)CC1. The summed E-state index contributed by atoms with van der Waals surface area (Å²) in [6.07, 6.45) is 1.75. The number of methoxy groups -OCH3 is 1. The number of anilines is 1. The highest BCUT2D eigenvalue weighted by Gasteiger charge is 2.35. The van der Waals surface area contributed by atoms with Crippen molar-refractivity contribution in [1.82, 2.24) is 4.90 Å². The van der Waals surface area contributed by atoms with Crippen LogP contribution in [0, 0.1) is 5.92 Å². The highest BCUT2D eigenvalue weighted by Crippen LogP contribution is 2.34. The fourth-order valence-electron chi connectivity index (χ4n) is 3.55. The molecule has 0 radical (unpaired) electrons. The van der Waals surface area contributed by atoms with Crippen molar-refractivity contribution < 1.29 is 27.5 Å². The van der Waals surface area contributed by atoms with E-state index in [2.05, 4.69) is 0 Å². The van der Waals surface area contributed by atoms with Crippen LogP contribution >= 0.6 is 0 Å². The summed E-state index contributed by atoms with van der Waals surface area (Å²) in [4.78, 5) is 26.3. The highest BCUT2D eigenvalue weighted by molar-refractivity contribution is 7.92. The third-order valence-corrected chi connectivity index (χ3v) is 6.19. The number of likely N-dealkylation sites (tertiary alicyclic amines) is 1. The molecule has 8 nitrogen and oxygen atoms in total. The Kier molecular flexibility index (Phi) is 5.59. The Labute approximate surface area is 159 Å². The van der Waals surface area contributed by atoms with Crippen LogP contribution in [0.5, 0.6) is 5.75 Å². The number of hydrogen-bond acceptors (Lipinski definition) is 6. The number of carbonyl (C=O) groups excluding carboxylic acids is 2. The number of piperidine rings is 1. The molecule has 1 aromatic carbocycles. The van der Waals surface area contributed by atoms with Crippen molar-refractivity contribution in [1.29, 1.82) is 0 Å². The van der Waals surface area contributed by atoms with Crippen molar-refractivity contribution in [2.24, 2.45) is 5.92 Å². The van der Waals surface area contributed by atoms with E-state index in [-0.39, 0.29) is 30.8 Å². The van der Waals surface area contributed by atoms with Crippen molar-refractivity contribution in [3.05, 3.63) is 24.3 Å². The van der Waals surface area contributed by atoms with E-state index in [9.17, 15) is 18.0 Å². The van der Waals surface area contributed by atoms with Crippen molar-refractivity contribution in [3.63, 3.8) is 0 Å². The predicted octanol–water partition coefficient (Wildman–Crippen LogP) is 1.02. The van der Waals surface area contributed by atoms with Crippen LogP contribution < -0.4 is 9.04 Å². The minimum absolute atomic E-state index is 0.172. The molecule has 1 saturated heterocycles. The molecule has 1 atom stereocenters. The number of rotatable bonds is 3. The van der Waals surface area contributed by atoms with E-state index in [1.54, 1.807) is 29.2 Å². The van der Waals surface area contributed by atoms with Gasteiger partial charge in [-0.05, 0) is 25.0 Å². The van der Waals surface area contributed by atoms with Gasteiger partial charge in [0.05, 0.1) is 25.0 Å². The topological polar surface area (TPSA) is 93.2 Å². The molecule has 1 aromatic rings. The number of sulfonamides is 1. The maximum atomic E-state index is 12.9. The second-order valence-electron chi connectivity index (χ2n) is 6.82. The number of benzene rings is 1. The number of ether oxygens (including phenoxy) is 2. The molecule has 27 heavy (non-hydrogen) atoms. The summed E-state index contributed by atoms with van der Waals surface area (Å²) >= 11 is 0. The Bertz CT molecular complexity index is 817. The largest absolute Gasteiger partial charge is 0.478 e. The normalized spacial score (nSPS) is 21.0. The second-order valence-corrected chi connectivity index (χ2v) is 8.73. The molecule has 0 bridgehead atoms. The number of para-hydroxylation sites is 2. The molecular weight excluding hydrogens is 372 g/mol. The first-order valence-corrected chi connectivity index (χ1v) is 10.8. The van der Waals surface area contributed by atoms with Crippen LogP contribution in [-0.2, 0) is 24.3 Å². The van der Waals surface area contributed by atoms with E-state index in [1.807, 2.05) is 0 Å². The Hall–Kier alpha value is -2.29.